The van der Waals surface area contributed by atoms with Gasteiger partial charge in [-0.2, -0.15) is 21.0 Å². The number of hydrogen-bond acceptors (Lipinski definition) is 10. The van der Waals surface area contributed by atoms with Crippen LogP contribution < -0.4 is 0 Å². The van der Waals surface area contributed by atoms with Crippen LogP contribution in [0.5, 0.6) is 0 Å². The van der Waals surface area contributed by atoms with Crippen molar-refractivity contribution >= 4 is 87.2 Å². The molecule has 0 saturated carbocycles. The van der Waals surface area contributed by atoms with Crippen LogP contribution in [0.2, 0.25) is 0 Å². The predicted octanol–water partition coefficient (Wildman–Crippen LogP) is 9.06. The Kier molecular flexibility index (Phi) is 8.27. The summed E-state index contributed by atoms with van der Waals surface area (Å²) >= 11 is 2.33. The van der Waals surface area contributed by atoms with E-state index in [2.05, 4.69) is 9.98 Å². The van der Waals surface area contributed by atoms with E-state index < -0.39 is 46.0 Å². The third-order valence-corrected chi connectivity index (χ3v) is 11.0. The van der Waals surface area contributed by atoms with E-state index in [9.17, 15) is 48.2 Å². The van der Waals surface area contributed by atoms with Crippen molar-refractivity contribution in [1.29, 1.82) is 21.0 Å². The average molecular weight is 732 g/mol. The second kappa shape index (κ2) is 12.7. The van der Waals surface area contributed by atoms with Gasteiger partial charge in [-0.25, -0.2) is 27.5 Å². The normalized spacial score (nSPS) is 15.6. The summed E-state index contributed by atoms with van der Waals surface area (Å²) in [5, 5.41) is 39.2. The first-order valence-corrected chi connectivity index (χ1v) is 17.0. The summed E-state index contributed by atoms with van der Waals surface area (Å²) in [5.41, 5.74) is -1.30. The van der Waals surface area contributed by atoms with Crippen LogP contribution in [-0.2, 0) is 6.54 Å². The lowest BCUT2D eigenvalue weighted by molar-refractivity contribution is 0.106. The Labute approximate surface area is 299 Å². The minimum Gasteiger partial charge on any atom is -0.339 e. The monoisotopic (exact) mass is 731 g/mol. The molecule has 0 bridgehead atoms. The topological polar surface area (TPSA) is 159 Å². The molecule has 0 amide bonds. The van der Waals surface area contributed by atoms with Crippen LogP contribution in [0.1, 0.15) is 52.1 Å². The number of halogens is 4. The Bertz CT molecular complexity index is 2590. The Hall–Kier alpha value is -6.52. The van der Waals surface area contributed by atoms with Crippen LogP contribution in [0, 0.1) is 74.5 Å². The summed E-state index contributed by atoms with van der Waals surface area (Å²) in [6.45, 7) is 4.59. The Balaban J connectivity index is 1.41. The van der Waals surface area contributed by atoms with Crippen molar-refractivity contribution in [2.75, 3.05) is 0 Å². The van der Waals surface area contributed by atoms with E-state index in [4.69, 9.17) is 0 Å². The lowest BCUT2D eigenvalue weighted by Crippen LogP contribution is -2.08. The number of Topliss-reactive ketones (excluding diaryl/α,β-unsaturated/α-hetero) is 2. The molecular formula is C37H17F4N7O2S2. The minimum atomic E-state index is -1.27. The zero-order valence-corrected chi connectivity index (χ0v) is 28.4. The molecule has 3 heterocycles. The number of hydrogen-bond donors (Lipinski definition) is 0. The second-order valence-corrected chi connectivity index (χ2v) is 13.9. The van der Waals surface area contributed by atoms with Crippen molar-refractivity contribution < 1.29 is 27.2 Å². The number of thiophene rings is 2. The number of carbonyl (C=O) groups is 2. The quantitative estimate of drug-likeness (QED) is 0.130. The number of benzene rings is 2. The summed E-state index contributed by atoms with van der Waals surface area (Å²) in [6.07, 6.45) is 0.817. The zero-order valence-electron chi connectivity index (χ0n) is 26.7. The number of nitrogens with zero attached hydrogens (tertiary/aromatic N) is 7. The van der Waals surface area contributed by atoms with Gasteiger partial charge < -0.3 is 4.57 Å². The molecule has 0 spiro atoms. The molecule has 3 aromatic heterocycles. The van der Waals surface area contributed by atoms with Crippen LogP contribution in [0.4, 0.5) is 27.6 Å². The van der Waals surface area contributed by atoms with Crippen molar-refractivity contribution in [2.24, 2.45) is 15.9 Å². The molecule has 5 aromatic rings. The smallest absolute Gasteiger partial charge is 0.212 e. The molecule has 7 rings (SSSR count). The van der Waals surface area contributed by atoms with Gasteiger partial charge in [0.05, 0.1) is 20.4 Å². The Morgan fingerprint density at radius 3 is 1.38 bits per heavy atom. The van der Waals surface area contributed by atoms with E-state index in [-0.39, 0.29) is 50.7 Å². The maximum Gasteiger partial charge on any atom is 0.212 e. The van der Waals surface area contributed by atoms with Crippen molar-refractivity contribution in [3.63, 3.8) is 0 Å². The number of ketones is 2. The number of rotatable bonds is 5. The highest BCUT2D eigenvalue weighted by molar-refractivity contribution is 7.30. The van der Waals surface area contributed by atoms with Crippen LogP contribution in [0.3, 0.4) is 0 Å². The number of carbonyl (C=O) groups excluding carboxylic acids is 2. The zero-order chi connectivity index (χ0) is 37.2. The molecule has 1 atom stereocenters. The third kappa shape index (κ3) is 5.15. The molecule has 1 unspecified atom stereocenters. The average Bonchev–Trinajstić information content (AvgIpc) is 3.90. The fourth-order valence-electron chi connectivity index (χ4n) is 6.18. The van der Waals surface area contributed by atoms with Gasteiger partial charge in [-0.15, -0.1) is 22.7 Å². The van der Waals surface area contributed by atoms with E-state index in [0.717, 1.165) is 29.6 Å². The third-order valence-electron chi connectivity index (χ3n) is 8.82. The van der Waals surface area contributed by atoms with Crippen LogP contribution in [0.15, 0.2) is 57.5 Å². The molecule has 15 heteroatoms. The molecular weight excluding hydrogens is 715 g/mol. The summed E-state index contributed by atoms with van der Waals surface area (Å²) in [6, 6.07) is 13.2. The van der Waals surface area contributed by atoms with E-state index in [1.807, 2.05) is 18.4 Å². The van der Waals surface area contributed by atoms with E-state index in [0.29, 0.717) is 38.1 Å². The van der Waals surface area contributed by atoms with Gasteiger partial charge in [0.15, 0.2) is 23.3 Å². The molecule has 0 fully saturated rings. The molecule has 2 aliphatic rings. The van der Waals surface area contributed by atoms with Gasteiger partial charge in [0.25, 0.3) is 0 Å². The molecule has 52 heavy (non-hydrogen) atoms. The Morgan fingerprint density at radius 2 is 1.04 bits per heavy atom. The number of nitriles is 4. The van der Waals surface area contributed by atoms with Crippen LogP contribution >= 0.6 is 22.7 Å². The summed E-state index contributed by atoms with van der Waals surface area (Å²) in [7, 11) is 0. The van der Waals surface area contributed by atoms with Crippen molar-refractivity contribution in [3.05, 3.63) is 93.1 Å². The second-order valence-electron chi connectivity index (χ2n) is 11.9. The first kappa shape index (κ1) is 34.0. The predicted molar refractivity (Wildman–Crippen MR) is 187 cm³/mol. The molecule has 2 aliphatic carbocycles. The molecule has 0 radical (unpaired) electrons. The molecule has 0 saturated heterocycles. The van der Waals surface area contributed by atoms with E-state index in [1.165, 1.54) is 22.7 Å². The molecule has 252 valence electrons. The van der Waals surface area contributed by atoms with Crippen molar-refractivity contribution in [1.82, 2.24) is 4.57 Å². The lowest BCUT2D eigenvalue weighted by Gasteiger charge is -2.11. The van der Waals surface area contributed by atoms with Crippen LogP contribution in [0.25, 0.3) is 31.6 Å². The maximum absolute atomic E-state index is 14.3. The fourth-order valence-corrected chi connectivity index (χ4v) is 8.40. The highest BCUT2D eigenvalue weighted by Crippen LogP contribution is 2.47. The largest absolute Gasteiger partial charge is 0.339 e. The number of aromatic nitrogens is 1. The van der Waals surface area contributed by atoms with E-state index in [1.54, 1.807) is 36.4 Å². The standard InChI is InChI=1S/C37H17F4N7O2S2/c1-3-15(2)14-48-26-8-28(46-32-30(16(10-42)11-43)18-4-22(38)24(40)6-20(18)34(32)49)51-36(26)37-27(48)9-29(52-37)47-33-31(17(12-44)13-45)19-5-23(39)25(41)7-21(19)35(33)50/h4-9,15H,3,14H2,1-2H3/b46-32-,47-33-. The van der Waals surface area contributed by atoms with Gasteiger partial charge in [-0.1, -0.05) is 20.3 Å². The summed E-state index contributed by atoms with van der Waals surface area (Å²) in [4.78, 5) is 36.0. The maximum atomic E-state index is 14.3. The molecule has 0 N–H and O–H groups in total. The molecule has 2 aromatic carbocycles. The van der Waals surface area contributed by atoms with Crippen LogP contribution in [-0.4, -0.2) is 27.6 Å². The van der Waals surface area contributed by atoms with Gasteiger partial charge in [0, 0.05) is 39.9 Å². The number of fused-ring (bicyclic) bond motifs is 5. The fraction of sp³-hybridized carbons (Fsp3) is 0.135. The summed E-state index contributed by atoms with van der Waals surface area (Å²) < 4.78 is 60.3. The molecule has 0 aliphatic heterocycles. The highest BCUT2D eigenvalue weighted by atomic mass is 32.1. The van der Waals surface area contributed by atoms with Crippen molar-refractivity contribution in [3.8, 4) is 24.3 Å². The first-order chi connectivity index (χ1) is 24.9. The first-order valence-electron chi connectivity index (χ1n) is 15.3. The van der Waals surface area contributed by atoms with Gasteiger partial charge in [-0.3, -0.25) is 9.59 Å². The number of allylic oxidation sites excluding steroid dienone is 4. The lowest BCUT2D eigenvalue weighted by atomic mass is 10.0. The van der Waals surface area contributed by atoms with Crippen molar-refractivity contribution in [2.45, 2.75) is 26.8 Å². The van der Waals surface area contributed by atoms with Gasteiger partial charge in [-0.05, 0) is 42.3 Å². The number of aliphatic imine (C=N–C) groups is 2. The van der Waals surface area contributed by atoms with Gasteiger partial charge >= 0.3 is 0 Å². The molecule has 9 nitrogen and oxygen atoms in total. The minimum absolute atomic E-state index is 0.119. The Morgan fingerprint density at radius 1 is 0.673 bits per heavy atom. The van der Waals surface area contributed by atoms with Gasteiger partial charge in [0.2, 0.25) is 11.6 Å². The SMILES string of the molecule is CCC(C)Cn1c2cc(/N=C3\C(=O)c4cc(F)c(F)cc4C3=C(C#N)C#N)sc2c2sc(/N=C3\C(=O)c4cc(F)c(F)cc4C3=C(C#N)C#N)cc21. The highest BCUT2D eigenvalue weighted by Gasteiger charge is 2.37. The van der Waals surface area contributed by atoms with E-state index >= 15 is 0 Å². The van der Waals surface area contributed by atoms with Gasteiger partial charge in [0.1, 0.15) is 56.8 Å². The summed E-state index contributed by atoms with van der Waals surface area (Å²) in [5.74, 6) is -6.46.